The number of carbonyl (C=O) groups is 1. The number of hydrogen-bond donors (Lipinski definition) is 4. The van der Waals surface area contributed by atoms with E-state index in [4.69, 9.17) is 9.84 Å². The summed E-state index contributed by atoms with van der Waals surface area (Å²) in [6.07, 6.45) is -2.46. The van der Waals surface area contributed by atoms with Crippen molar-refractivity contribution >= 4 is 12.2 Å². The molecule has 0 radical (unpaired) electrons. The van der Waals surface area contributed by atoms with Crippen LogP contribution in [0.25, 0.3) is 0 Å². The molecule has 9 heteroatoms. The van der Waals surface area contributed by atoms with Crippen LogP contribution >= 0.6 is 0 Å². The summed E-state index contributed by atoms with van der Waals surface area (Å²) in [7, 11) is 0. The maximum Gasteiger partial charge on any atom is 0.212 e. The molecule has 1 aromatic heterocycles. The number of nitrogens with one attached hydrogen (secondary N) is 1. The lowest BCUT2D eigenvalue weighted by Crippen LogP contribution is -2.33. The van der Waals surface area contributed by atoms with E-state index < -0.39 is 31.1 Å². The zero-order chi connectivity index (χ0) is 12.4. The molecule has 1 saturated heterocycles. The van der Waals surface area contributed by atoms with Crippen LogP contribution < -0.4 is 5.32 Å². The van der Waals surface area contributed by atoms with Gasteiger partial charge in [-0.3, -0.25) is 4.79 Å². The Morgan fingerprint density at radius 2 is 2.29 bits per heavy atom. The molecule has 0 bridgehead atoms. The maximum atomic E-state index is 10.2. The van der Waals surface area contributed by atoms with Crippen LogP contribution in [0.2, 0.25) is 0 Å². The molecule has 1 aromatic rings. The highest BCUT2D eigenvalue weighted by atomic mass is 16.6. The summed E-state index contributed by atoms with van der Waals surface area (Å²) < 4.78 is 6.37. The topological polar surface area (TPSA) is 130 Å². The van der Waals surface area contributed by atoms with Gasteiger partial charge in [0.2, 0.25) is 6.41 Å². The van der Waals surface area contributed by atoms with E-state index >= 15 is 0 Å². The zero-order valence-corrected chi connectivity index (χ0v) is 8.67. The first-order chi connectivity index (χ1) is 8.17. The minimum absolute atomic E-state index is 0.192. The zero-order valence-electron chi connectivity index (χ0n) is 8.67. The molecule has 0 aromatic carbocycles. The maximum absolute atomic E-state index is 10.2. The molecule has 2 rings (SSSR count). The van der Waals surface area contributed by atoms with Gasteiger partial charge in [0.15, 0.2) is 12.0 Å². The van der Waals surface area contributed by atoms with Gasteiger partial charge in [-0.05, 0) is 0 Å². The fourth-order valence-corrected chi connectivity index (χ4v) is 1.63. The molecule has 4 N–H and O–H groups in total. The Hall–Kier alpha value is -1.55. The van der Waals surface area contributed by atoms with E-state index in [1.54, 1.807) is 0 Å². The van der Waals surface area contributed by atoms with Crippen molar-refractivity contribution in [3.8, 4) is 0 Å². The van der Waals surface area contributed by atoms with E-state index in [0.29, 0.717) is 6.41 Å². The highest BCUT2D eigenvalue weighted by molar-refractivity contribution is 5.67. The molecule has 2 heterocycles. The van der Waals surface area contributed by atoms with Crippen molar-refractivity contribution in [2.75, 3.05) is 11.9 Å². The van der Waals surface area contributed by atoms with E-state index in [2.05, 4.69) is 15.6 Å². The predicted octanol–water partition coefficient (Wildman–Crippen LogP) is -2.54. The van der Waals surface area contributed by atoms with Crippen molar-refractivity contribution in [1.82, 2.24) is 15.0 Å². The minimum Gasteiger partial charge on any atom is -0.394 e. The average Bonchev–Trinajstić information content (AvgIpc) is 2.87. The Morgan fingerprint density at radius 1 is 1.53 bits per heavy atom. The summed E-state index contributed by atoms with van der Waals surface area (Å²) in [5.41, 5.74) is 0. The molecule has 0 spiro atoms. The largest absolute Gasteiger partial charge is 0.394 e. The van der Waals surface area contributed by atoms with Gasteiger partial charge in [-0.25, -0.2) is 4.68 Å². The third kappa shape index (κ3) is 2.13. The lowest BCUT2D eigenvalue weighted by molar-refractivity contribution is -0.105. The molecule has 0 saturated carbocycles. The molecule has 1 amide bonds. The normalized spacial score (nSPS) is 32.6. The SMILES string of the molecule is O=CNc1cn([C@@H]2O[C@H](CO)[C@@H](O)[C@H]2O)nn1. The van der Waals surface area contributed by atoms with Crippen LogP contribution in [0.5, 0.6) is 0 Å². The molecule has 4 atom stereocenters. The molecule has 0 unspecified atom stereocenters. The van der Waals surface area contributed by atoms with Gasteiger partial charge < -0.3 is 25.4 Å². The number of nitrogens with zero attached hydrogens (tertiary/aromatic N) is 3. The summed E-state index contributed by atoms with van der Waals surface area (Å²) in [5, 5.41) is 37.6. The molecule has 1 fully saturated rings. The fraction of sp³-hybridized carbons (Fsp3) is 0.625. The first kappa shape index (κ1) is 11.9. The number of rotatable bonds is 4. The summed E-state index contributed by atoms with van der Waals surface area (Å²) in [4.78, 5) is 10.2. The monoisotopic (exact) mass is 244 g/mol. The van der Waals surface area contributed by atoms with Crippen molar-refractivity contribution in [3.63, 3.8) is 0 Å². The number of amides is 1. The highest BCUT2D eigenvalue weighted by Crippen LogP contribution is 2.28. The Bertz CT molecular complexity index is 397. The van der Waals surface area contributed by atoms with Crippen LogP contribution in [-0.2, 0) is 9.53 Å². The number of anilines is 1. The van der Waals surface area contributed by atoms with Crippen LogP contribution in [0.1, 0.15) is 6.23 Å². The molecule has 1 aliphatic rings. The molecule has 94 valence electrons. The van der Waals surface area contributed by atoms with Gasteiger partial charge in [-0.1, -0.05) is 5.21 Å². The highest BCUT2D eigenvalue weighted by Gasteiger charge is 2.43. The smallest absolute Gasteiger partial charge is 0.212 e. The average molecular weight is 244 g/mol. The molecule has 17 heavy (non-hydrogen) atoms. The van der Waals surface area contributed by atoms with Crippen molar-refractivity contribution in [1.29, 1.82) is 0 Å². The number of ether oxygens (including phenoxy) is 1. The molecular formula is C8H12N4O5. The summed E-state index contributed by atoms with van der Waals surface area (Å²) in [6, 6.07) is 0. The first-order valence-corrected chi connectivity index (χ1v) is 4.92. The number of aliphatic hydroxyl groups excluding tert-OH is 3. The van der Waals surface area contributed by atoms with Crippen LogP contribution in [0, 0.1) is 0 Å². The standard InChI is InChI=1S/C8H12N4O5/c13-2-4-6(15)7(16)8(17-4)12-1-5(9-3-14)10-11-12/h1,3-4,6-8,13,15-16H,2H2,(H,9,14)/t4-,6-,7-,8-/m1/s1. The number of carbonyl (C=O) groups excluding carboxylic acids is 1. The van der Waals surface area contributed by atoms with Crippen molar-refractivity contribution < 1.29 is 24.9 Å². The van der Waals surface area contributed by atoms with Gasteiger partial charge in [-0.2, -0.15) is 0 Å². The van der Waals surface area contributed by atoms with Crippen LogP contribution in [-0.4, -0.2) is 61.6 Å². The van der Waals surface area contributed by atoms with Gasteiger partial charge in [0.05, 0.1) is 12.8 Å². The lowest BCUT2D eigenvalue weighted by atomic mass is 10.1. The van der Waals surface area contributed by atoms with Crippen molar-refractivity contribution in [2.45, 2.75) is 24.5 Å². The second kappa shape index (κ2) is 4.75. The number of hydrogen-bond acceptors (Lipinski definition) is 7. The second-order valence-electron chi connectivity index (χ2n) is 3.57. The predicted molar refractivity (Wildman–Crippen MR) is 52.7 cm³/mol. The van der Waals surface area contributed by atoms with Gasteiger partial charge in [0.1, 0.15) is 18.3 Å². The second-order valence-corrected chi connectivity index (χ2v) is 3.57. The van der Waals surface area contributed by atoms with E-state index in [0.717, 1.165) is 4.68 Å². The Balaban J connectivity index is 2.14. The van der Waals surface area contributed by atoms with E-state index in [1.165, 1.54) is 6.20 Å². The third-order valence-electron chi connectivity index (χ3n) is 2.49. The minimum atomic E-state index is -1.22. The summed E-state index contributed by atoms with van der Waals surface area (Å²) in [5.74, 6) is 0.192. The number of aliphatic hydroxyl groups is 3. The summed E-state index contributed by atoms with van der Waals surface area (Å²) in [6.45, 7) is -0.414. The summed E-state index contributed by atoms with van der Waals surface area (Å²) >= 11 is 0. The molecule has 1 aliphatic heterocycles. The van der Waals surface area contributed by atoms with E-state index in [-0.39, 0.29) is 5.82 Å². The first-order valence-electron chi connectivity index (χ1n) is 4.92. The Labute approximate surface area is 95.6 Å². The van der Waals surface area contributed by atoms with Crippen LogP contribution in [0.15, 0.2) is 6.20 Å². The van der Waals surface area contributed by atoms with Crippen LogP contribution in [0.3, 0.4) is 0 Å². The third-order valence-corrected chi connectivity index (χ3v) is 2.49. The van der Waals surface area contributed by atoms with Gasteiger partial charge >= 0.3 is 0 Å². The quantitative estimate of drug-likeness (QED) is 0.429. The fourth-order valence-electron chi connectivity index (χ4n) is 1.63. The van der Waals surface area contributed by atoms with Crippen molar-refractivity contribution in [3.05, 3.63) is 6.20 Å². The van der Waals surface area contributed by atoms with Crippen LogP contribution in [0.4, 0.5) is 5.82 Å². The molecule has 9 nitrogen and oxygen atoms in total. The van der Waals surface area contributed by atoms with Gasteiger partial charge in [-0.15, -0.1) is 5.10 Å². The van der Waals surface area contributed by atoms with Crippen molar-refractivity contribution in [2.24, 2.45) is 0 Å². The van der Waals surface area contributed by atoms with E-state index in [1.807, 2.05) is 0 Å². The lowest BCUT2D eigenvalue weighted by Gasteiger charge is -2.13. The Morgan fingerprint density at radius 3 is 2.88 bits per heavy atom. The van der Waals surface area contributed by atoms with Gasteiger partial charge in [0, 0.05) is 0 Å². The molecular weight excluding hydrogens is 232 g/mol. The molecule has 0 aliphatic carbocycles. The van der Waals surface area contributed by atoms with E-state index in [9.17, 15) is 15.0 Å². The van der Waals surface area contributed by atoms with Gasteiger partial charge in [0.25, 0.3) is 0 Å². The Kier molecular flexibility index (Phi) is 3.33. The number of aromatic nitrogens is 3.